The van der Waals surface area contributed by atoms with Crippen LogP contribution in [0.1, 0.15) is 24.1 Å². The second-order valence-electron chi connectivity index (χ2n) is 8.95. The third-order valence-corrected chi connectivity index (χ3v) is 9.75. The molecule has 0 saturated carbocycles. The van der Waals surface area contributed by atoms with Crippen molar-refractivity contribution in [2.75, 3.05) is 25.7 Å². The van der Waals surface area contributed by atoms with Crippen LogP contribution in [0.2, 0.25) is 0 Å². The van der Waals surface area contributed by atoms with Gasteiger partial charge in [0.05, 0.1) is 36.1 Å². The van der Waals surface area contributed by atoms with E-state index in [1.165, 1.54) is 34.9 Å². The number of carbonyl (C=O) groups is 1. The Bertz CT molecular complexity index is 1560. The largest absolute Gasteiger partial charge is 0.497 e. The highest BCUT2D eigenvalue weighted by molar-refractivity contribution is 7.89. The first-order valence-corrected chi connectivity index (χ1v) is 14.4. The Balaban J connectivity index is 1.54. The van der Waals surface area contributed by atoms with Gasteiger partial charge in [-0.3, -0.25) is 14.7 Å². The average molecular weight is 553 g/mol. The smallest absolute Gasteiger partial charge is 0.247 e. The Kier molecular flexibility index (Phi) is 7.33. The van der Waals surface area contributed by atoms with Crippen molar-refractivity contribution in [3.63, 3.8) is 0 Å². The highest BCUT2D eigenvalue weighted by Gasteiger charge is 2.42. The molecule has 2 aromatic carbocycles. The number of fused-ring (bicyclic) bond motifs is 1. The van der Waals surface area contributed by atoms with E-state index in [4.69, 9.17) is 14.5 Å². The molecule has 0 N–H and O–H groups in total. The lowest BCUT2D eigenvalue weighted by molar-refractivity contribution is -0.121. The van der Waals surface area contributed by atoms with Gasteiger partial charge in [-0.05, 0) is 67.8 Å². The summed E-state index contributed by atoms with van der Waals surface area (Å²) in [6.45, 7) is 2.40. The van der Waals surface area contributed by atoms with Gasteiger partial charge in [-0.15, -0.1) is 0 Å². The molecule has 1 amide bonds. The number of aryl methyl sites for hydroxylation is 1. The van der Waals surface area contributed by atoms with Crippen LogP contribution in [0.25, 0.3) is 10.2 Å². The number of methoxy groups -OCH3 is 2. The second kappa shape index (κ2) is 10.7. The summed E-state index contributed by atoms with van der Waals surface area (Å²) in [5.74, 6) is 0.838. The number of benzene rings is 2. The van der Waals surface area contributed by atoms with Gasteiger partial charge in [-0.1, -0.05) is 23.5 Å². The lowest BCUT2D eigenvalue weighted by Crippen LogP contribution is -2.47. The Morgan fingerprint density at radius 1 is 1.11 bits per heavy atom. The fraction of sp³-hybridized carbons (Fsp3) is 0.296. The van der Waals surface area contributed by atoms with Gasteiger partial charge in [0.15, 0.2) is 5.13 Å². The molecule has 198 valence electrons. The van der Waals surface area contributed by atoms with Crippen LogP contribution in [0.15, 0.2) is 65.7 Å². The van der Waals surface area contributed by atoms with Gasteiger partial charge in [0.2, 0.25) is 15.9 Å². The average Bonchev–Trinajstić information content (AvgIpc) is 3.61. The maximum Gasteiger partial charge on any atom is 0.247 e. The van der Waals surface area contributed by atoms with Crippen molar-refractivity contribution in [3.8, 4) is 11.5 Å². The van der Waals surface area contributed by atoms with Crippen molar-refractivity contribution < 1.29 is 22.7 Å². The molecule has 9 nitrogen and oxygen atoms in total. The number of carbonyl (C=O) groups excluding carboxylic acids is 1. The fourth-order valence-corrected chi connectivity index (χ4v) is 7.32. The van der Waals surface area contributed by atoms with Crippen LogP contribution < -0.4 is 14.4 Å². The Labute approximate surface area is 225 Å². The maximum absolute atomic E-state index is 14.2. The van der Waals surface area contributed by atoms with Gasteiger partial charge in [0, 0.05) is 12.7 Å². The minimum absolute atomic E-state index is 0.120. The van der Waals surface area contributed by atoms with Crippen LogP contribution in [-0.2, 0) is 21.4 Å². The summed E-state index contributed by atoms with van der Waals surface area (Å²) < 4.78 is 40.1. The molecule has 3 heterocycles. The molecule has 2 aromatic heterocycles. The van der Waals surface area contributed by atoms with Gasteiger partial charge >= 0.3 is 0 Å². The monoisotopic (exact) mass is 552 g/mol. The van der Waals surface area contributed by atoms with Crippen molar-refractivity contribution in [2.24, 2.45) is 0 Å². The second-order valence-corrected chi connectivity index (χ2v) is 11.8. The highest BCUT2D eigenvalue weighted by atomic mass is 32.2. The van der Waals surface area contributed by atoms with Gasteiger partial charge in [0.25, 0.3) is 0 Å². The normalized spacial score (nSPS) is 16.0. The van der Waals surface area contributed by atoms with E-state index >= 15 is 0 Å². The van der Waals surface area contributed by atoms with Crippen LogP contribution in [0.5, 0.6) is 11.5 Å². The number of pyridine rings is 1. The topological polar surface area (TPSA) is 102 Å². The van der Waals surface area contributed by atoms with E-state index in [2.05, 4.69) is 4.98 Å². The van der Waals surface area contributed by atoms with Crippen molar-refractivity contribution in [2.45, 2.75) is 37.2 Å². The van der Waals surface area contributed by atoms with Crippen LogP contribution in [0.4, 0.5) is 5.13 Å². The first-order chi connectivity index (χ1) is 18.3. The number of sulfonamides is 1. The lowest BCUT2D eigenvalue weighted by Gasteiger charge is -2.28. The molecule has 5 rings (SSSR count). The zero-order valence-corrected chi connectivity index (χ0v) is 23.0. The van der Waals surface area contributed by atoms with Crippen molar-refractivity contribution in [1.29, 1.82) is 0 Å². The van der Waals surface area contributed by atoms with Crippen LogP contribution in [0, 0.1) is 6.92 Å². The summed E-state index contributed by atoms with van der Waals surface area (Å²) in [4.78, 5) is 25.0. The quantitative estimate of drug-likeness (QED) is 0.319. The third-order valence-electron chi connectivity index (χ3n) is 6.61. The lowest BCUT2D eigenvalue weighted by atomic mass is 10.2. The molecule has 0 bridgehead atoms. The van der Waals surface area contributed by atoms with E-state index in [9.17, 15) is 13.2 Å². The number of ether oxygens (including phenoxy) is 2. The minimum atomic E-state index is -3.91. The van der Waals surface area contributed by atoms with Crippen LogP contribution >= 0.6 is 11.3 Å². The molecule has 1 unspecified atom stereocenters. The highest BCUT2D eigenvalue weighted by Crippen LogP contribution is 2.38. The summed E-state index contributed by atoms with van der Waals surface area (Å²) in [7, 11) is -0.805. The molecular weight excluding hydrogens is 524 g/mol. The molecule has 1 aliphatic heterocycles. The number of aromatic nitrogens is 2. The Morgan fingerprint density at radius 3 is 2.58 bits per heavy atom. The predicted molar refractivity (Wildman–Crippen MR) is 146 cm³/mol. The summed E-state index contributed by atoms with van der Waals surface area (Å²) in [5, 5.41) is 0.469. The van der Waals surface area contributed by atoms with Crippen molar-refractivity contribution in [1.82, 2.24) is 14.3 Å². The molecule has 38 heavy (non-hydrogen) atoms. The minimum Gasteiger partial charge on any atom is -0.497 e. The summed E-state index contributed by atoms with van der Waals surface area (Å²) >= 11 is 1.38. The molecule has 1 fully saturated rings. The Morgan fingerprint density at radius 2 is 1.89 bits per heavy atom. The maximum atomic E-state index is 14.2. The predicted octanol–water partition coefficient (Wildman–Crippen LogP) is 4.40. The number of hydrogen-bond donors (Lipinski definition) is 0. The molecular formula is C27H28N4O5S2. The van der Waals surface area contributed by atoms with Gasteiger partial charge in [0.1, 0.15) is 23.1 Å². The zero-order valence-electron chi connectivity index (χ0n) is 21.3. The molecule has 1 atom stereocenters. The standard InChI is InChI=1S/C27H28N4O5S2/c1-18-9-14-23(36-3)24-25(18)37-27(29-24)30(17-19-7-4-5-15-28-19)26(32)22-8-6-16-31(22)38(33,34)21-12-10-20(35-2)11-13-21/h4-5,7,9-15,22H,6,8,16-17H2,1-3H3. The van der Waals surface area contributed by atoms with Gasteiger partial charge < -0.3 is 9.47 Å². The van der Waals surface area contributed by atoms with Crippen molar-refractivity contribution >= 4 is 42.6 Å². The molecule has 0 radical (unpaired) electrons. The number of anilines is 1. The molecule has 0 spiro atoms. The van der Waals surface area contributed by atoms with Crippen LogP contribution in [-0.4, -0.2) is 55.4 Å². The van der Waals surface area contributed by atoms with E-state index in [1.54, 1.807) is 30.3 Å². The molecule has 4 aromatic rings. The third kappa shape index (κ3) is 4.84. The molecule has 11 heteroatoms. The zero-order chi connectivity index (χ0) is 26.9. The Hall–Kier alpha value is -3.54. The molecule has 1 aliphatic rings. The molecule has 0 aliphatic carbocycles. The van der Waals surface area contributed by atoms with E-state index < -0.39 is 16.1 Å². The number of amides is 1. The van der Waals surface area contributed by atoms with Gasteiger partial charge in [-0.2, -0.15) is 4.31 Å². The van der Waals surface area contributed by atoms with E-state index in [0.717, 1.165) is 10.3 Å². The van der Waals surface area contributed by atoms with E-state index in [0.29, 0.717) is 40.7 Å². The molecule has 1 saturated heterocycles. The SMILES string of the molecule is COc1ccc(S(=O)(=O)N2CCCC2C(=O)N(Cc2ccccn2)c2nc3c(OC)ccc(C)c3s2)cc1. The first kappa shape index (κ1) is 26.1. The summed E-state index contributed by atoms with van der Waals surface area (Å²) in [5.41, 5.74) is 2.35. The van der Waals surface area contributed by atoms with E-state index in [1.807, 2.05) is 37.3 Å². The summed E-state index contributed by atoms with van der Waals surface area (Å²) in [6, 6.07) is 14.6. The number of thiazole rings is 1. The number of rotatable bonds is 8. The summed E-state index contributed by atoms with van der Waals surface area (Å²) in [6.07, 6.45) is 2.66. The van der Waals surface area contributed by atoms with E-state index in [-0.39, 0.29) is 23.9 Å². The van der Waals surface area contributed by atoms with Gasteiger partial charge in [-0.25, -0.2) is 13.4 Å². The fourth-order valence-electron chi connectivity index (χ4n) is 4.61. The number of nitrogens with zero attached hydrogens (tertiary/aromatic N) is 4. The number of hydrogen-bond acceptors (Lipinski definition) is 8. The van der Waals surface area contributed by atoms with Crippen molar-refractivity contribution in [3.05, 3.63) is 72.1 Å². The first-order valence-electron chi connectivity index (χ1n) is 12.1. The van der Waals surface area contributed by atoms with Crippen LogP contribution in [0.3, 0.4) is 0 Å².